The van der Waals surface area contributed by atoms with E-state index in [1.807, 2.05) is 0 Å². The summed E-state index contributed by atoms with van der Waals surface area (Å²) in [5.74, 6) is 0.0605. The third-order valence-corrected chi connectivity index (χ3v) is 6.50. The highest BCUT2D eigenvalue weighted by Crippen LogP contribution is 2.37. The molecule has 1 fully saturated rings. The van der Waals surface area contributed by atoms with Crippen molar-refractivity contribution >= 4 is 22.2 Å². The van der Waals surface area contributed by atoms with Crippen molar-refractivity contribution in [2.45, 2.75) is 64.3 Å². The Labute approximate surface area is 142 Å². The maximum absolute atomic E-state index is 12.3. The number of quaternary nitrogens is 1. The number of nitrogens with one attached hydrogen (secondary N) is 2. The average Bonchev–Trinajstić information content (AvgIpc) is 2.91. The van der Waals surface area contributed by atoms with E-state index in [1.165, 1.54) is 42.7 Å². The molecule has 0 saturated carbocycles. The Morgan fingerprint density at radius 1 is 1.35 bits per heavy atom. The quantitative estimate of drug-likeness (QED) is 0.889. The Morgan fingerprint density at radius 2 is 2.17 bits per heavy atom. The number of anilines is 1. The third kappa shape index (κ3) is 3.76. The molecule has 1 unspecified atom stereocenters. The molecule has 124 valence electrons. The van der Waals surface area contributed by atoms with Crippen molar-refractivity contribution in [2.24, 2.45) is 0 Å². The summed E-state index contributed by atoms with van der Waals surface area (Å²) in [6.07, 6.45) is 8.81. The number of piperidine rings is 1. The monoisotopic (exact) mass is 332 g/mol. The first-order chi connectivity index (χ1) is 11.2. The summed E-state index contributed by atoms with van der Waals surface area (Å²) in [6.45, 7) is 4.37. The Balaban J connectivity index is 1.60. The number of nitrogens with zero attached hydrogens (tertiary/aromatic N) is 1. The number of rotatable bonds is 4. The largest absolute Gasteiger partial charge is 0.332 e. The predicted octanol–water partition coefficient (Wildman–Crippen LogP) is 2.28. The summed E-state index contributed by atoms with van der Waals surface area (Å²) in [5, 5.41) is 13.2. The molecule has 23 heavy (non-hydrogen) atoms. The summed E-state index contributed by atoms with van der Waals surface area (Å²) in [5.41, 5.74) is 1.91. The van der Waals surface area contributed by atoms with Gasteiger partial charge in [0.15, 0.2) is 0 Å². The van der Waals surface area contributed by atoms with Gasteiger partial charge in [0, 0.05) is 4.88 Å². The molecule has 1 aliphatic carbocycles. The van der Waals surface area contributed by atoms with E-state index >= 15 is 0 Å². The highest BCUT2D eigenvalue weighted by atomic mass is 32.1. The molecule has 0 bridgehead atoms. The summed E-state index contributed by atoms with van der Waals surface area (Å²) in [4.78, 5) is 15.2. The molecule has 4 nitrogen and oxygen atoms in total. The van der Waals surface area contributed by atoms with Crippen molar-refractivity contribution in [3.8, 4) is 6.07 Å². The average molecular weight is 332 g/mol. The van der Waals surface area contributed by atoms with Crippen LogP contribution in [0.1, 0.15) is 61.5 Å². The summed E-state index contributed by atoms with van der Waals surface area (Å²) in [6, 6.07) is 2.98. The molecule has 2 N–H and O–H groups in total. The summed E-state index contributed by atoms with van der Waals surface area (Å²) < 4.78 is 0. The van der Waals surface area contributed by atoms with E-state index in [9.17, 15) is 10.1 Å². The van der Waals surface area contributed by atoms with E-state index in [0.717, 1.165) is 36.4 Å². The Kier molecular flexibility index (Phi) is 5.34. The summed E-state index contributed by atoms with van der Waals surface area (Å²) >= 11 is 1.62. The molecule has 0 spiro atoms. The highest BCUT2D eigenvalue weighted by Gasteiger charge is 2.24. The first-order valence-electron chi connectivity index (χ1n) is 8.88. The Morgan fingerprint density at radius 3 is 2.96 bits per heavy atom. The second-order valence-electron chi connectivity index (χ2n) is 6.88. The number of likely N-dealkylation sites (tertiary alicyclic amines) is 1. The van der Waals surface area contributed by atoms with Crippen molar-refractivity contribution in [1.82, 2.24) is 0 Å². The van der Waals surface area contributed by atoms with Crippen LogP contribution in [0.15, 0.2) is 0 Å². The zero-order valence-electron chi connectivity index (χ0n) is 13.9. The summed E-state index contributed by atoms with van der Waals surface area (Å²) in [7, 11) is 0. The molecule has 2 atom stereocenters. The molecule has 2 aliphatic rings. The molecular formula is C18H26N3OS+. The van der Waals surface area contributed by atoms with E-state index in [-0.39, 0.29) is 5.91 Å². The molecule has 2 heterocycles. The van der Waals surface area contributed by atoms with Crippen LogP contribution in [0.25, 0.3) is 0 Å². The van der Waals surface area contributed by atoms with Gasteiger partial charge in [-0.3, -0.25) is 4.79 Å². The van der Waals surface area contributed by atoms with Gasteiger partial charge in [0.25, 0.3) is 0 Å². The second-order valence-corrected chi connectivity index (χ2v) is 7.99. The normalized spacial score (nSPS) is 23.8. The van der Waals surface area contributed by atoms with Crippen molar-refractivity contribution in [3.63, 3.8) is 0 Å². The van der Waals surface area contributed by atoms with E-state index in [0.29, 0.717) is 12.5 Å². The smallest absolute Gasteiger partial charge is 0.230 e. The molecule has 1 amide bonds. The van der Waals surface area contributed by atoms with Crippen molar-refractivity contribution in [2.75, 3.05) is 18.4 Å². The van der Waals surface area contributed by atoms with Crippen LogP contribution in [0.4, 0.5) is 5.00 Å². The molecule has 0 aromatic carbocycles. The van der Waals surface area contributed by atoms with Gasteiger partial charge in [0.2, 0.25) is 5.91 Å². The highest BCUT2D eigenvalue weighted by molar-refractivity contribution is 7.16. The van der Waals surface area contributed by atoms with Gasteiger partial charge in [0.1, 0.15) is 11.1 Å². The number of carbonyl (C=O) groups is 1. The lowest BCUT2D eigenvalue weighted by atomic mass is 9.96. The zero-order valence-corrected chi connectivity index (χ0v) is 14.7. The molecule has 3 rings (SSSR count). The van der Waals surface area contributed by atoms with E-state index in [1.54, 1.807) is 16.2 Å². The molecular weight excluding hydrogens is 306 g/mol. The molecule has 1 aromatic rings. The van der Waals surface area contributed by atoms with Crippen LogP contribution in [-0.4, -0.2) is 25.0 Å². The number of thiophene rings is 1. The first kappa shape index (κ1) is 16.5. The lowest BCUT2D eigenvalue weighted by Gasteiger charge is -2.29. The van der Waals surface area contributed by atoms with Crippen LogP contribution in [0.3, 0.4) is 0 Å². The van der Waals surface area contributed by atoms with Gasteiger partial charge in [-0.2, -0.15) is 5.26 Å². The van der Waals surface area contributed by atoms with Gasteiger partial charge < -0.3 is 10.2 Å². The van der Waals surface area contributed by atoms with Crippen LogP contribution >= 0.6 is 11.3 Å². The van der Waals surface area contributed by atoms with Crippen molar-refractivity contribution in [1.29, 1.82) is 5.26 Å². The minimum Gasteiger partial charge on any atom is -0.332 e. The van der Waals surface area contributed by atoms with Gasteiger partial charge in [-0.25, -0.2) is 0 Å². The zero-order chi connectivity index (χ0) is 16.2. The van der Waals surface area contributed by atoms with Crippen LogP contribution < -0.4 is 10.2 Å². The fourth-order valence-corrected chi connectivity index (χ4v) is 5.12. The Hall–Kier alpha value is -1.38. The van der Waals surface area contributed by atoms with Crippen molar-refractivity contribution < 1.29 is 9.69 Å². The predicted molar refractivity (Wildman–Crippen MR) is 92.9 cm³/mol. The lowest BCUT2D eigenvalue weighted by molar-refractivity contribution is -0.928. The van der Waals surface area contributed by atoms with Gasteiger partial charge in [-0.1, -0.05) is 0 Å². The maximum Gasteiger partial charge on any atom is 0.230 e. The number of aryl methyl sites for hydroxylation is 1. The number of nitriles is 1. The van der Waals surface area contributed by atoms with Gasteiger partial charge in [0.05, 0.1) is 31.1 Å². The fourth-order valence-electron chi connectivity index (χ4n) is 3.86. The third-order valence-electron chi connectivity index (χ3n) is 5.29. The van der Waals surface area contributed by atoms with Crippen LogP contribution in [0.2, 0.25) is 0 Å². The number of amides is 1. The number of hydrogen-bond donors (Lipinski definition) is 2. The Bertz CT molecular complexity index is 617. The van der Waals surface area contributed by atoms with Crippen molar-refractivity contribution in [3.05, 3.63) is 16.0 Å². The first-order valence-corrected chi connectivity index (χ1v) is 9.69. The minimum absolute atomic E-state index is 0.0605. The van der Waals surface area contributed by atoms with Crippen LogP contribution in [-0.2, 0) is 17.6 Å². The molecule has 0 radical (unpaired) electrons. The molecule has 1 aliphatic heterocycles. The van der Waals surface area contributed by atoms with E-state index in [4.69, 9.17) is 0 Å². The maximum atomic E-state index is 12.3. The number of carbonyl (C=O) groups excluding carboxylic acids is 1. The second kappa shape index (κ2) is 7.46. The number of hydrogen-bond acceptors (Lipinski definition) is 3. The minimum atomic E-state index is 0.0605. The van der Waals surface area contributed by atoms with E-state index < -0.39 is 0 Å². The lowest BCUT2D eigenvalue weighted by Crippen LogP contribution is -3.16. The fraction of sp³-hybridized carbons (Fsp3) is 0.667. The standard InChI is InChI=1S/C18H25N3OS/c1-13-6-4-5-10-21(13)11-9-17(22)20-18-15(12-19)14-7-2-3-8-16(14)23-18/h13H,2-11H2,1H3,(H,20,22)/p+1/t13-/m1/s1. The molecule has 1 aromatic heterocycles. The SMILES string of the molecule is C[C@@H]1CCCC[NH+]1CCC(=O)Nc1sc2c(c1C#N)CCCC2. The molecule has 5 heteroatoms. The van der Waals surface area contributed by atoms with Crippen LogP contribution in [0.5, 0.6) is 0 Å². The topological polar surface area (TPSA) is 57.3 Å². The van der Waals surface area contributed by atoms with Gasteiger partial charge in [-0.05, 0) is 57.4 Å². The van der Waals surface area contributed by atoms with Gasteiger partial charge in [-0.15, -0.1) is 11.3 Å². The van der Waals surface area contributed by atoms with Crippen LogP contribution in [0, 0.1) is 11.3 Å². The van der Waals surface area contributed by atoms with E-state index in [2.05, 4.69) is 18.3 Å². The number of fused-ring (bicyclic) bond motifs is 1. The van der Waals surface area contributed by atoms with Gasteiger partial charge >= 0.3 is 0 Å². The molecule has 1 saturated heterocycles.